The first-order valence-electron chi connectivity index (χ1n) is 3.28. The highest BCUT2D eigenvalue weighted by Crippen LogP contribution is 2.29. The van der Waals surface area contributed by atoms with E-state index in [0.717, 1.165) is 0 Å². The van der Waals surface area contributed by atoms with Crippen LogP contribution in [-0.2, 0) is 9.53 Å². The molecular weight excluding hydrogens is 226 g/mol. The molecular formula is C7H8BrNO3. The van der Waals surface area contributed by atoms with Gasteiger partial charge in [-0.05, 0) is 28.1 Å². The van der Waals surface area contributed by atoms with Crippen LogP contribution in [0.1, 0.15) is 0 Å². The van der Waals surface area contributed by atoms with Gasteiger partial charge in [0, 0.05) is 13.3 Å². The van der Waals surface area contributed by atoms with Gasteiger partial charge in [0.15, 0.2) is 10.6 Å². The Hall–Kier alpha value is -0.680. The summed E-state index contributed by atoms with van der Waals surface area (Å²) < 4.78 is 3.98. The molecule has 2 unspecified atom stereocenters. The fraction of sp³-hybridized carbons (Fsp3) is 0.429. The van der Waals surface area contributed by atoms with Gasteiger partial charge < -0.3 is 9.84 Å². The van der Waals surface area contributed by atoms with Crippen molar-refractivity contribution in [2.75, 3.05) is 7.11 Å². The lowest BCUT2D eigenvalue weighted by atomic mass is 10.1. The van der Waals surface area contributed by atoms with E-state index in [-0.39, 0.29) is 0 Å². The molecule has 1 rings (SSSR count). The molecule has 4 nitrogen and oxygen atoms in total. The van der Waals surface area contributed by atoms with Crippen molar-refractivity contribution in [2.24, 2.45) is 4.99 Å². The fourth-order valence-electron chi connectivity index (χ4n) is 0.915. The average Bonchev–Trinajstić information content (AvgIpc) is 2.05. The Kier molecular flexibility index (Phi) is 2.64. The Balaban J connectivity index is 2.92. The van der Waals surface area contributed by atoms with Crippen molar-refractivity contribution in [1.29, 1.82) is 0 Å². The van der Waals surface area contributed by atoms with Crippen molar-refractivity contribution in [3.05, 3.63) is 12.2 Å². The summed E-state index contributed by atoms with van der Waals surface area (Å²) in [6.07, 6.45) is 4.69. The molecule has 1 aliphatic heterocycles. The normalized spacial score (nSPS) is 33.7. The number of rotatable bonds is 2. The van der Waals surface area contributed by atoms with Gasteiger partial charge in [0.25, 0.3) is 0 Å². The van der Waals surface area contributed by atoms with E-state index >= 15 is 0 Å². The van der Waals surface area contributed by atoms with Gasteiger partial charge >= 0.3 is 5.97 Å². The topological polar surface area (TPSA) is 58.9 Å². The minimum Gasteiger partial charge on any atom is -0.480 e. The van der Waals surface area contributed by atoms with Crippen molar-refractivity contribution in [2.45, 2.75) is 10.6 Å². The van der Waals surface area contributed by atoms with E-state index < -0.39 is 16.5 Å². The number of methoxy groups -OCH3 is 1. The summed E-state index contributed by atoms with van der Waals surface area (Å²) >= 11 is 3.16. The second-order valence-corrected chi connectivity index (χ2v) is 3.54. The van der Waals surface area contributed by atoms with Crippen LogP contribution in [0.4, 0.5) is 0 Å². The number of nitrogens with zero attached hydrogens (tertiary/aromatic N) is 1. The number of carboxylic acids is 1. The summed E-state index contributed by atoms with van der Waals surface area (Å²) in [4.78, 5) is 14.4. The number of carbonyl (C=O) groups is 1. The third-order valence-electron chi connectivity index (χ3n) is 1.56. The number of alkyl halides is 1. The number of aliphatic imine (C=N–C) groups is 1. The SMILES string of the molecule is COC1(Br)C=CC=NC1C(=O)O. The lowest BCUT2D eigenvalue weighted by molar-refractivity contribution is -0.141. The van der Waals surface area contributed by atoms with Crippen LogP contribution < -0.4 is 0 Å². The second kappa shape index (κ2) is 3.37. The lowest BCUT2D eigenvalue weighted by Crippen LogP contribution is -2.42. The summed E-state index contributed by atoms with van der Waals surface area (Å²) in [6.45, 7) is 0. The zero-order valence-corrected chi connectivity index (χ0v) is 7.98. The lowest BCUT2D eigenvalue weighted by Gasteiger charge is -2.27. The zero-order valence-electron chi connectivity index (χ0n) is 6.40. The summed E-state index contributed by atoms with van der Waals surface area (Å²) in [5, 5.41) is 8.75. The number of hydrogen-bond acceptors (Lipinski definition) is 3. The largest absolute Gasteiger partial charge is 0.480 e. The number of ether oxygens (including phenoxy) is 1. The number of halogens is 1. The van der Waals surface area contributed by atoms with Gasteiger partial charge in [-0.1, -0.05) is 0 Å². The highest BCUT2D eigenvalue weighted by atomic mass is 79.9. The van der Waals surface area contributed by atoms with Gasteiger partial charge in [-0.25, -0.2) is 4.79 Å². The smallest absolute Gasteiger partial charge is 0.332 e. The monoisotopic (exact) mass is 233 g/mol. The van der Waals surface area contributed by atoms with Gasteiger partial charge in [0.05, 0.1) is 0 Å². The predicted octanol–water partition coefficient (Wildman–Crippen LogP) is 0.818. The molecule has 0 aromatic heterocycles. The molecule has 2 atom stereocenters. The van der Waals surface area contributed by atoms with Crippen molar-refractivity contribution < 1.29 is 14.6 Å². The average molecular weight is 234 g/mol. The quantitative estimate of drug-likeness (QED) is 0.719. The van der Waals surface area contributed by atoms with E-state index in [9.17, 15) is 4.79 Å². The summed E-state index contributed by atoms with van der Waals surface area (Å²) in [6, 6.07) is -0.924. The highest BCUT2D eigenvalue weighted by molar-refractivity contribution is 9.10. The maximum Gasteiger partial charge on any atom is 0.332 e. The van der Waals surface area contributed by atoms with Crippen molar-refractivity contribution in [1.82, 2.24) is 0 Å². The number of carboxylic acid groups (broad SMARTS) is 1. The molecule has 0 amide bonds. The molecule has 0 aromatic rings. The highest BCUT2D eigenvalue weighted by Gasteiger charge is 2.40. The molecule has 1 aliphatic rings. The van der Waals surface area contributed by atoms with Gasteiger partial charge in [0.2, 0.25) is 0 Å². The van der Waals surface area contributed by atoms with Gasteiger partial charge in [0.1, 0.15) is 0 Å². The Labute approximate surface area is 78.1 Å². The number of aliphatic carboxylic acids is 1. The molecule has 0 saturated heterocycles. The summed E-state index contributed by atoms with van der Waals surface area (Å²) in [7, 11) is 1.43. The van der Waals surface area contributed by atoms with Crippen LogP contribution in [-0.4, -0.2) is 35.0 Å². The molecule has 0 spiro atoms. The van der Waals surface area contributed by atoms with Gasteiger partial charge in [-0.15, -0.1) is 0 Å². The Morgan fingerprint density at radius 3 is 2.92 bits per heavy atom. The maximum atomic E-state index is 10.7. The van der Waals surface area contributed by atoms with Crippen molar-refractivity contribution in [3.8, 4) is 0 Å². The van der Waals surface area contributed by atoms with Crippen LogP contribution in [0.2, 0.25) is 0 Å². The van der Waals surface area contributed by atoms with Gasteiger partial charge in [-0.2, -0.15) is 0 Å². The van der Waals surface area contributed by atoms with Crippen molar-refractivity contribution in [3.63, 3.8) is 0 Å². The third-order valence-corrected chi connectivity index (χ3v) is 2.59. The predicted molar refractivity (Wildman–Crippen MR) is 47.7 cm³/mol. The molecule has 0 aromatic carbocycles. The third kappa shape index (κ3) is 1.56. The Morgan fingerprint density at radius 1 is 1.83 bits per heavy atom. The van der Waals surface area contributed by atoms with E-state index in [0.29, 0.717) is 0 Å². The minimum absolute atomic E-state index is 0.924. The van der Waals surface area contributed by atoms with E-state index in [4.69, 9.17) is 9.84 Å². The number of hydrogen-bond donors (Lipinski definition) is 1. The molecule has 0 bridgehead atoms. The summed E-state index contributed by atoms with van der Waals surface area (Å²) in [5.41, 5.74) is 0. The molecule has 1 N–H and O–H groups in total. The first-order chi connectivity index (χ1) is 5.60. The maximum absolute atomic E-state index is 10.7. The molecule has 1 heterocycles. The molecule has 0 aliphatic carbocycles. The van der Waals surface area contributed by atoms with E-state index in [1.54, 1.807) is 12.2 Å². The molecule has 12 heavy (non-hydrogen) atoms. The van der Waals surface area contributed by atoms with Crippen LogP contribution >= 0.6 is 15.9 Å². The Morgan fingerprint density at radius 2 is 2.50 bits per heavy atom. The first kappa shape index (κ1) is 9.41. The zero-order chi connectivity index (χ0) is 9.19. The van der Waals surface area contributed by atoms with E-state index in [1.165, 1.54) is 13.3 Å². The number of dihydropyridines is 1. The van der Waals surface area contributed by atoms with Crippen molar-refractivity contribution >= 4 is 28.1 Å². The molecule has 0 fully saturated rings. The molecule has 66 valence electrons. The second-order valence-electron chi connectivity index (χ2n) is 2.30. The van der Waals surface area contributed by atoms with Crippen LogP contribution in [0.5, 0.6) is 0 Å². The molecule has 5 heteroatoms. The fourth-order valence-corrected chi connectivity index (χ4v) is 1.38. The Bertz CT molecular complexity index is 251. The van der Waals surface area contributed by atoms with Crippen LogP contribution in [0.25, 0.3) is 0 Å². The minimum atomic E-state index is -1.02. The van der Waals surface area contributed by atoms with Crippen LogP contribution in [0.3, 0.4) is 0 Å². The van der Waals surface area contributed by atoms with E-state index in [2.05, 4.69) is 20.9 Å². The summed E-state index contributed by atoms with van der Waals surface area (Å²) in [5.74, 6) is -1.02. The van der Waals surface area contributed by atoms with E-state index in [1.807, 2.05) is 0 Å². The number of allylic oxidation sites excluding steroid dienone is 1. The molecule has 0 saturated carbocycles. The van der Waals surface area contributed by atoms with Crippen LogP contribution in [0, 0.1) is 0 Å². The van der Waals surface area contributed by atoms with Crippen LogP contribution in [0.15, 0.2) is 17.1 Å². The van der Waals surface area contributed by atoms with Gasteiger partial charge in [-0.3, -0.25) is 4.99 Å². The standard InChI is InChI=1S/C7H8BrNO3/c1-12-7(8)3-2-4-9-5(7)6(10)11/h2-5H,1H3,(H,10,11). The first-order valence-corrected chi connectivity index (χ1v) is 4.07. The molecule has 0 radical (unpaired) electrons.